The first kappa shape index (κ1) is 18.6. The minimum absolute atomic E-state index is 0.161. The van der Waals surface area contributed by atoms with Crippen molar-refractivity contribution < 1.29 is 0 Å². The first-order valence-corrected chi connectivity index (χ1v) is 8.83. The number of nitrogens with one attached hydrogen (secondary N) is 3. The van der Waals surface area contributed by atoms with E-state index in [-0.39, 0.29) is 27.2 Å². The molecule has 6 nitrogen and oxygen atoms in total. The predicted molar refractivity (Wildman–Crippen MR) is 107 cm³/mol. The molecule has 140 valence electrons. The number of aryl methyl sites for hydroxylation is 1. The molecule has 3 N–H and O–H groups in total. The van der Waals surface area contributed by atoms with Gasteiger partial charge in [-0.3, -0.25) is 9.59 Å². The second kappa shape index (κ2) is 6.87. The van der Waals surface area contributed by atoms with Crippen molar-refractivity contribution in [1.29, 1.82) is 0 Å². The number of hydrogen-bond donors (Lipinski definition) is 3. The normalized spacial score (nSPS) is 13.4. The Kier molecular flexibility index (Phi) is 4.74. The van der Waals surface area contributed by atoms with Gasteiger partial charge < -0.3 is 15.0 Å². The lowest BCUT2D eigenvalue weighted by molar-refractivity contribution is 0.571. The fourth-order valence-corrected chi connectivity index (χ4v) is 2.93. The maximum absolute atomic E-state index is 12.5. The van der Waals surface area contributed by atoms with Gasteiger partial charge in [-0.05, 0) is 42.7 Å². The van der Waals surface area contributed by atoms with Gasteiger partial charge in [0.05, 0.1) is 12.0 Å². The molecule has 3 aromatic rings. The van der Waals surface area contributed by atoms with E-state index in [1.54, 1.807) is 18.5 Å². The highest BCUT2D eigenvalue weighted by molar-refractivity contribution is 5.54. The van der Waals surface area contributed by atoms with Gasteiger partial charge in [0.1, 0.15) is 10.7 Å². The highest BCUT2D eigenvalue weighted by atomic mass is 16.1. The lowest BCUT2D eigenvalue weighted by atomic mass is 9.90. The van der Waals surface area contributed by atoms with E-state index in [2.05, 4.69) is 19.9 Å². The Bertz CT molecular complexity index is 1220. The Labute approximate surface area is 156 Å². The van der Waals surface area contributed by atoms with Crippen LogP contribution in [-0.4, -0.2) is 19.9 Å². The van der Waals surface area contributed by atoms with Crippen LogP contribution in [-0.2, 0) is 5.41 Å². The third-order valence-corrected chi connectivity index (χ3v) is 4.63. The van der Waals surface area contributed by atoms with Crippen molar-refractivity contribution in [2.45, 2.75) is 40.0 Å². The van der Waals surface area contributed by atoms with Crippen molar-refractivity contribution in [2.75, 3.05) is 0 Å². The smallest absolute Gasteiger partial charge is 0.272 e. The quantitative estimate of drug-likeness (QED) is 0.641. The molecular formula is C21H24N4O2. The summed E-state index contributed by atoms with van der Waals surface area (Å²) < 4.78 is 0. The lowest BCUT2D eigenvalue weighted by Crippen LogP contribution is -2.46. The van der Waals surface area contributed by atoms with E-state index < -0.39 is 0 Å². The standard InChI is InChI=1S/C21H24N4O2/c1-12-7-6-8-14(13(12)2)9-16-19(26)25-17(20(27)24-16)10-15-18(21(3,4)5)23-11-22-15/h6-11H,1-5H3,(H,22,23)(H,24,27)(H,25,26)/b16-9-,17-10-. The number of rotatable bonds is 2. The molecule has 27 heavy (non-hydrogen) atoms. The fraction of sp³-hybridized carbons (Fsp3) is 0.286. The molecule has 2 heterocycles. The van der Waals surface area contributed by atoms with Crippen LogP contribution < -0.4 is 21.8 Å². The van der Waals surface area contributed by atoms with Crippen molar-refractivity contribution in [3.63, 3.8) is 0 Å². The molecule has 0 spiro atoms. The van der Waals surface area contributed by atoms with Gasteiger partial charge in [0.15, 0.2) is 0 Å². The molecule has 0 radical (unpaired) electrons. The molecule has 0 amide bonds. The summed E-state index contributed by atoms with van der Waals surface area (Å²) >= 11 is 0. The number of hydrogen-bond acceptors (Lipinski definition) is 3. The van der Waals surface area contributed by atoms with Crippen LogP contribution in [0.4, 0.5) is 0 Å². The van der Waals surface area contributed by atoms with Gasteiger partial charge in [0, 0.05) is 11.1 Å². The molecule has 0 saturated heterocycles. The molecule has 0 unspecified atom stereocenters. The number of nitrogens with zero attached hydrogens (tertiary/aromatic N) is 1. The first-order chi connectivity index (χ1) is 12.7. The molecule has 0 fully saturated rings. The van der Waals surface area contributed by atoms with Gasteiger partial charge in [0.25, 0.3) is 11.1 Å². The minimum atomic E-state index is -0.367. The number of H-pyrrole nitrogens is 3. The van der Waals surface area contributed by atoms with Crippen molar-refractivity contribution in [3.8, 4) is 0 Å². The zero-order chi connectivity index (χ0) is 19.8. The van der Waals surface area contributed by atoms with Crippen molar-refractivity contribution in [3.05, 3.63) is 84.0 Å². The maximum atomic E-state index is 12.5. The van der Waals surface area contributed by atoms with Crippen LogP contribution in [0.2, 0.25) is 0 Å². The Morgan fingerprint density at radius 3 is 2.22 bits per heavy atom. The summed E-state index contributed by atoms with van der Waals surface area (Å²) in [5, 5.41) is 0.402. The SMILES string of the molecule is Cc1cccc(/C=c2\[nH]c(=O)/c(=C/c3nc[nH]c3C(C)(C)C)[nH]c2=O)c1C. The Morgan fingerprint density at radius 1 is 0.963 bits per heavy atom. The molecule has 0 aliphatic heterocycles. The highest BCUT2D eigenvalue weighted by Gasteiger charge is 2.19. The van der Waals surface area contributed by atoms with Gasteiger partial charge in [-0.1, -0.05) is 39.0 Å². The van der Waals surface area contributed by atoms with E-state index in [1.165, 1.54) is 0 Å². The van der Waals surface area contributed by atoms with E-state index in [9.17, 15) is 9.59 Å². The largest absolute Gasteiger partial charge is 0.348 e. The molecule has 0 bridgehead atoms. The molecule has 0 saturated carbocycles. The first-order valence-electron chi connectivity index (χ1n) is 8.83. The number of imidazole rings is 1. The van der Waals surface area contributed by atoms with Crippen LogP contribution in [0.3, 0.4) is 0 Å². The summed E-state index contributed by atoms with van der Waals surface area (Å²) in [5.74, 6) is 0. The summed E-state index contributed by atoms with van der Waals surface area (Å²) in [6, 6.07) is 5.85. The monoisotopic (exact) mass is 364 g/mol. The van der Waals surface area contributed by atoms with Gasteiger partial charge in [-0.25, -0.2) is 4.98 Å². The average Bonchev–Trinajstić information content (AvgIpc) is 3.05. The van der Waals surface area contributed by atoms with Crippen LogP contribution in [0.15, 0.2) is 34.1 Å². The lowest BCUT2D eigenvalue weighted by Gasteiger charge is -2.16. The van der Waals surface area contributed by atoms with Gasteiger partial charge >= 0.3 is 0 Å². The number of aromatic nitrogens is 4. The average molecular weight is 364 g/mol. The molecule has 0 atom stereocenters. The van der Waals surface area contributed by atoms with Crippen LogP contribution in [0, 0.1) is 13.8 Å². The third-order valence-electron chi connectivity index (χ3n) is 4.63. The molecule has 3 rings (SSSR count). The van der Waals surface area contributed by atoms with Crippen molar-refractivity contribution >= 4 is 12.2 Å². The molecule has 1 aromatic carbocycles. The van der Waals surface area contributed by atoms with Crippen molar-refractivity contribution in [1.82, 2.24) is 19.9 Å². The van der Waals surface area contributed by atoms with E-state index in [0.29, 0.717) is 5.69 Å². The highest BCUT2D eigenvalue weighted by Crippen LogP contribution is 2.22. The molecule has 0 aliphatic rings. The summed E-state index contributed by atoms with van der Waals surface area (Å²) in [4.78, 5) is 37.7. The summed E-state index contributed by atoms with van der Waals surface area (Å²) in [5.41, 5.74) is 3.74. The molecule has 2 aromatic heterocycles. The number of benzene rings is 1. The van der Waals surface area contributed by atoms with Crippen LogP contribution >= 0.6 is 0 Å². The fourth-order valence-electron chi connectivity index (χ4n) is 2.93. The van der Waals surface area contributed by atoms with Gasteiger partial charge in [0.2, 0.25) is 0 Å². The molecule has 6 heteroatoms. The maximum Gasteiger partial charge on any atom is 0.272 e. The Balaban J connectivity index is 2.16. The minimum Gasteiger partial charge on any atom is -0.348 e. The van der Waals surface area contributed by atoms with Crippen LogP contribution in [0.5, 0.6) is 0 Å². The molecular weight excluding hydrogens is 340 g/mol. The summed E-state index contributed by atoms with van der Waals surface area (Å²) in [6.07, 6.45) is 4.88. The van der Waals surface area contributed by atoms with Gasteiger partial charge in [-0.15, -0.1) is 0 Å². The van der Waals surface area contributed by atoms with E-state index in [4.69, 9.17) is 0 Å². The second-order valence-corrected chi connectivity index (χ2v) is 7.73. The molecule has 0 aliphatic carbocycles. The summed E-state index contributed by atoms with van der Waals surface area (Å²) in [6.45, 7) is 10.1. The second-order valence-electron chi connectivity index (χ2n) is 7.73. The summed E-state index contributed by atoms with van der Waals surface area (Å²) in [7, 11) is 0. The zero-order valence-corrected chi connectivity index (χ0v) is 16.2. The van der Waals surface area contributed by atoms with Crippen LogP contribution in [0.1, 0.15) is 48.8 Å². The van der Waals surface area contributed by atoms with Crippen molar-refractivity contribution in [2.24, 2.45) is 0 Å². The predicted octanol–water partition coefficient (Wildman–Crippen LogP) is 1.36. The Morgan fingerprint density at radius 2 is 1.59 bits per heavy atom. The van der Waals surface area contributed by atoms with E-state index >= 15 is 0 Å². The van der Waals surface area contributed by atoms with E-state index in [1.807, 2.05) is 52.8 Å². The Hall–Kier alpha value is -3.15. The van der Waals surface area contributed by atoms with E-state index in [0.717, 1.165) is 22.4 Å². The van der Waals surface area contributed by atoms with Crippen LogP contribution in [0.25, 0.3) is 12.2 Å². The zero-order valence-electron chi connectivity index (χ0n) is 16.2. The number of aromatic amines is 3. The third kappa shape index (κ3) is 3.84. The van der Waals surface area contributed by atoms with Gasteiger partial charge in [-0.2, -0.15) is 0 Å². The topological polar surface area (TPSA) is 94.4 Å².